The highest BCUT2D eigenvalue weighted by Crippen LogP contribution is 2.40. The molecule has 55 heavy (non-hydrogen) atoms. The van der Waals surface area contributed by atoms with E-state index in [9.17, 15) is 27.6 Å². The van der Waals surface area contributed by atoms with Gasteiger partial charge in [-0.05, 0) is 61.9 Å². The van der Waals surface area contributed by atoms with Gasteiger partial charge in [0.1, 0.15) is 28.5 Å². The first-order chi connectivity index (χ1) is 26.2. The number of nitrogens with one attached hydrogen (secondary N) is 4. The van der Waals surface area contributed by atoms with Gasteiger partial charge in [0.05, 0.1) is 13.2 Å². The largest absolute Gasteiger partial charge is 0.573 e. The number of aromatic nitrogens is 2. The highest BCUT2D eigenvalue weighted by atomic mass is 35.5. The van der Waals surface area contributed by atoms with Crippen LogP contribution in [0.4, 0.5) is 28.4 Å². The number of carbonyl (C=O) groups excluding carboxylic acids is 3. The summed E-state index contributed by atoms with van der Waals surface area (Å²) in [5.74, 6) is -0.301. The van der Waals surface area contributed by atoms with Crippen molar-refractivity contribution in [2.45, 2.75) is 64.5 Å². The fourth-order valence-electron chi connectivity index (χ4n) is 7.66. The Bertz CT molecular complexity index is 1830. The summed E-state index contributed by atoms with van der Waals surface area (Å²) in [6.07, 6.45) is -2.91. The predicted octanol–water partition coefficient (Wildman–Crippen LogP) is 6.49. The van der Waals surface area contributed by atoms with E-state index >= 15 is 0 Å². The highest BCUT2D eigenvalue weighted by molar-refractivity contribution is 6.31. The molecule has 0 radical (unpaired) electrons. The van der Waals surface area contributed by atoms with Gasteiger partial charge in [0.15, 0.2) is 0 Å². The number of halogens is 4. The number of amides is 4. The quantitative estimate of drug-likeness (QED) is 0.193. The van der Waals surface area contributed by atoms with Gasteiger partial charge in [-0.25, -0.2) is 14.6 Å². The van der Waals surface area contributed by atoms with E-state index in [-0.39, 0.29) is 40.2 Å². The van der Waals surface area contributed by atoms with Gasteiger partial charge in [-0.15, -0.1) is 13.2 Å². The number of benzene rings is 2. The molecule has 3 atom stereocenters. The van der Waals surface area contributed by atoms with Crippen LogP contribution < -0.4 is 20.7 Å². The van der Waals surface area contributed by atoms with E-state index in [1.807, 2.05) is 20.8 Å². The van der Waals surface area contributed by atoms with Crippen LogP contribution in [0.15, 0.2) is 42.5 Å². The van der Waals surface area contributed by atoms with Crippen molar-refractivity contribution in [2.75, 3.05) is 58.2 Å². The van der Waals surface area contributed by atoms with Crippen molar-refractivity contribution in [3.05, 3.63) is 53.4 Å². The number of hydrogen-bond donors (Lipinski definition) is 4. The van der Waals surface area contributed by atoms with Crippen molar-refractivity contribution >= 4 is 35.3 Å². The number of ether oxygens (including phenoxy) is 2. The molecule has 298 valence electrons. The first kappa shape index (κ1) is 40.1. The SMILES string of the molecule is COC(=O)NC(C(=O)N1CC(C)CC1c1nc(-c2ccc(-c3ccc(NC(=O)N4CCN(C5CCNCC5)CC4)cc3OC(F)(F)F)cc2)c(Cl)[nH]1)C(C)C. The lowest BCUT2D eigenvalue weighted by Crippen LogP contribution is -2.54. The number of nitrogens with zero attached hydrogens (tertiary/aromatic N) is 4. The van der Waals surface area contributed by atoms with Crippen LogP contribution in [0.2, 0.25) is 5.15 Å². The number of piperidine rings is 1. The number of alkyl halides is 3. The Labute approximate surface area is 323 Å². The van der Waals surface area contributed by atoms with Crippen molar-refractivity contribution in [1.29, 1.82) is 0 Å². The lowest BCUT2D eigenvalue weighted by molar-refractivity contribution is -0.274. The number of piperazine rings is 1. The Hall–Kier alpha value is -4.54. The zero-order valence-corrected chi connectivity index (χ0v) is 32.1. The average molecular weight is 789 g/mol. The third-order valence-electron chi connectivity index (χ3n) is 10.5. The Kier molecular flexibility index (Phi) is 12.5. The van der Waals surface area contributed by atoms with E-state index in [0.29, 0.717) is 54.7 Å². The number of carbonyl (C=O) groups is 3. The third kappa shape index (κ3) is 9.65. The Morgan fingerprint density at radius 1 is 1.00 bits per heavy atom. The second kappa shape index (κ2) is 17.1. The van der Waals surface area contributed by atoms with Gasteiger partial charge < -0.3 is 40.2 Å². The van der Waals surface area contributed by atoms with Crippen LogP contribution in [0.3, 0.4) is 0 Å². The fourth-order valence-corrected chi connectivity index (χ4v) is 7.91. The van der Waals surface area contributed by atoms with Gasteiger partial charge in [0.25, 0.3) is 0 Å². The summed E-state index contributed by atoms with van der Waals surface area (Å²) in [6.45, 7) is 10.7. The summed E-state index contributed by atoms with van der Waals surface area (Å²) >= 11 is 6.65. The van der Waals surface area contributed by atoms with E-state index < -0.39 is 30.3 Å². The maximum absolute atomic E-state index is 13.7. The lowest BCUT2D eigenvalue weighted by atomic mass is 10.0. The van der Waals surface area contributed by atoms with E-state index in [0.717, 1.165) is 39.0 Å². The molecule has 1 aromatic heterocycles. The first-order valence-electron chi connectivity index (χ1n) is 18.6. The van der Waals surface area contributed by atoms with Crippen LogP contribution in [-0.2, 0) is 9.53 Å². The van der Waals surface area contributed by atoms with Crippen LogP contribution in [0.25, 0.3) is 22.4 Å². The number of anilines is 1. The van der Waals surface area contributed by atoms with Gasteiger partial charge >= 0.3 is 18.5 Å². The maximum Gasteiger partial charge on any atom is 0.573 e. The molecule has 3 aliphatic rings. The summed E-state index contributed by atoms with van der Waals surface area (Å²) in [5, 5.41) is 8.98. The number of methoxy groups -OCH3 is 1. The molecule has 3 aromatic rings. The zero-order chi connectivity index (χ0) is 39.4. The smallest absolute Gasteiger partial charge is 0.453 e. The molecule has 4 N–H and O–H groups in total. The topological polar surface area (TPSA) is 144 Å². The number of hydrogen-bond acceptors (Lipinski definition) is 8. The van der Waals surface area contributed by atoms with Gasteiger partial charge in [0, 0.05) is 61.6 Å². The molecular formula is C38H48ClF3N8O5. The van der Waals surface area contributed by atoms with Crippen LogP contribution >= 0.6 is 11.6 Å². The van der Waals surface area contributed by atoms with Crippen LogP contribution in [0.1, 0.15) is 51.9 Å². The Balaban J connectivity index is 1.17. The summed E-state index contributed by atoms with van der Waals surface area (Å²) in [6, 6.07) is 9.73. The number of alkyl carbamates (subject to hydrolysis) is 1. The van der Waals surface area contributed by atoms with E-state index in [2.05, 4.69) is 30.6 Å². The monoisotopic (exact) mass is 788 g/mol. The van der Waals surface area contributed by atoms with Gasteiger partial charge in [0.2, 0.25) is 5.91 Å². The number of aromatic amines is 1. The Morgan fingerprint density at radius 2 is 1.67 bits per heavy atom. The molecule has 3 saturated heterocycles. The van der Waals surface area contributed by atoms with E-state index in [4.69, 9.17) is 21.3 Å². The zero-order valence-electron chi connectivity index (χ0n) is 31.3. The molecule has 17 heteroatoms. The number of H-pyrrole nitrogens is 1. The minimum absolute atomic E-state index is 0.152. The first-order valence-corrected chi connectivity index (χ1v) is 19.0. The molecule has 3 aliphatic heterocycles. The number of imidazole rings is 1. The van der Waals surface area contributed by atoms with Crippen molar-refractivity contribution < 1.29 is 37.0 Å². The maximum atomic E-state index is 13.7. The van der Waals surface area contributed by atoms with Gasteiger partial charge in [-0.1, -0.05) is 56.6 Å². The molecule has 6 rings (SSSR count). The lowest BCUT2D eigenvalue weighted by Gasteiger charge is -2.40. The fraction of sp³-hybridized carbons (Fsp3) is 0.526. The second-order valence-electron chi connectivity index (χ2n) is 14.8. The molecule has 4 heterocycles. The molecular weight excluding hydrogens is 741 g/mol. The van der Waals surface area contributed by atoms with Gasteiger partial charge in [-0.2, -0.15) is 0 Å². The normalized spacial score (nSPS) is 20.4. The summed E-state index contributed by atoms with van der Waals surface area (Å²) in [4.78, 5) is 52.5. The molecule has 4 amide bonds. The predicted molar refractivity (Wildman–Crippen MR) is 202 cm³/mol. The van der Waals surface area contributed by atoms with Crippen LogP contribution in [0.5, 0.6) is 5.75 Å². The van der Waals surface area contributed by atoms with E-state index in [1.54, 1.807) is 40.1 Å². The van der Waals surface area contributed by atoms with Crippen molar-refractivity contribution in [1.82, 2.24) is 35.3 Å². The molecule has 0 saturated carbocycles. The molecule has 0 bridgehead atoms. The van der Waals surface area contributed by atoms with Crippen molar-refractivity contribution in [2.24, 2.45) is 11.8 Å². The molecule has 3 fully saturated rings. The number of urea groups is 1. The summed E-state index contributed by atoms with van der Waals surface area (Å²) < 4.78 is 50.1. The molecule has 0 aliphatic carbocycles. The van der Waals surface area contributed by atoms with Crippen LogP contribution in [-0.4, -0.2) is 114 Å². The molecule has 0 spiro atoms. The summed E-state index contributed by atoms with van der Waals surface area (Å²) in [7, 11) is 1.24. The second-order valence-corrected chi connectivity index (χ2v) is 15.1. The molecule has 3 unspecified atom stereocenters. The molecule has 2 aromatic carbocycles. The van der Waals surface area contributed by atoms with Crippen molar-refractivity contribution in [3.63, 3.8) is 0 Å². The summed E-state index contributed by atoms with van der Waals surface area (Å²) in [5.41, 5.74) is 1.78. The number of likely N-dealkylation sites (tertiary alicyclic amines) is 1. The standard InChI is InChI=1S/C38H48ClF3N8O5/c1-22(2)31(46-37(53)54-4)35(51)50-21-23(3)19-29(50)34-45-32(33(39)47-34)25-7-5-24(6-8-25)28-10-9-26(20-30(28)55-38(40,41)42)44-36(52)49-17-15-48(16-18-49)27-11-13-43-14-12-27/h5-10,20,22-23,27,29,31,43H,11-19,21H2,1-4H3,(H,44,52)(H,45,47)(H,46,53). The highest BCUT2D eigenvalue weighted by Gasteiger charge is 2.40. The minimum Gasteiger partial charge on any atom is -0.453 e. The molecule has 13 nitrogen and oxygen atoms in total. The Morgan fingerprint density at radius 3 is 2.31 bits per heavy atom. The minimum atomic E-state index is -4.97. The van der Waals surface area contributed by atoms with Crippen LogP contribution in [0, 0.1) is 11.8 Å². The van der Waals surface area contributed by atoms with E-state index in [1.165, 1.54) is 19.2 Å². The van der Waals surface area contributed by atoms with Crippen molar-refractivity contribution in [3.8, 4) is 28.1 Å². The third-order valence-corrected chi connectivity index (χ3v) is 10.8. The average Bonchev–Trinajstić information content (AvgIpc) is 3.75. The number of rotatable bonds is 9. The van der Waals surface area contributed by atoms with Gasteiger partial charge in [-0.3, -0.25) is 9.69 Å².